The smallest absolute Gasteiger partial charge is 0.147 e. The number of nitrogens with zero attached hydrogens (tertiary/aromatic N) is 8. The van der Waals surface area contributed by atoms with Gasteiger partial charge in [-0.15, -0.1) is 0 Å². The molecule has 0 saturated heterocycles. The third kappa shape index (κ3) is 9.57. The molecule has 0 aliphatic rings. The van der Waals surface area contributed by atoms with E-state index in [1.54, 1.807) is 36.4 Å². The van der Waals surface area contributed by atoms with Crippen LogP contribution >= 0.6 is 0 Å². The van der Waals surface area contributed by atoms with Gasteiger partial charge in [0, 0.05) is 120 Å². The van der Waals surface area contributed by atoms with Gasteiger partial charge in [-0.3, -0.25) is 0 Å². The fourth-order valence-corrected chi connectivity index (χ4v) is 20.2. The Morgan fingerprint density at radius 2 is 0.383 bits per heavy atom. The first kappa shape index (κ1) is 67.4. The number of hydrogen-bond donors (Lipinski definition) is 0. The Kier molecular flexibility index (Phi) is 14.5. The molecule has 8 heterocycles. The SMILES string of the molecule is Fc1cccc(N(c2ccccc2)c2cccc3c2c2cccc4c5cc6c(cc5n3c42)c2cccc3c4c(N(c5ccccc5)c5cccc(F)c5)cccc4n6c23)c1.Fc1ccccc1N(c1ccccc1)c1cccc2c1c1cccc3c4cc5c(cc4n2c31)c1cccc2c3c(N(c4ccccc4)c4ccccc4F)cccc3n5c12. The van der Waals surface area contributed by atoms with E-state index in [2.05, 4.69) is 222 Å². The van der Waals surface area contributed by atoms with Gasteiger partial charge in [0.05, 0.1) is 100 Å². The minimum Gasteiger partial charge on any atom is -0.310 e. The molecule has 0 amide bonds. The number of para-hydroxylation sites is 10. The summed E-state index contributed by atoms with van der Waals surface area (Å²) < 4.78 is 70.9. The molecule has 0 spiro atoms. The van der Waals surface area contributed by atoms with Gasteiger partial charge in [-0.1, -0.05) is 206 Å². The summed E-state index contributed by atoms with van der Waals surface area (Å²) in [4.78, 5) is 8.40. The molecule has 120 heavy (non-hydrogen) atoms. The van der Waals surface area contributed by atoms with Crippen molar-refractivity contribution in [2.24, 2.45) is 0 Å². The predicted octanol–water partition coefficient (Wildman–Crippen LogP) is 30.4. The zero-order chi connectivity index (χ0) is 79.3. The van der Waals surface area contributed by atoms with Crippen molar-refractivity contribution in [1.82, 2.24) is 17.6 Å². The molecule has 0 bridgehead atoms. The van der Waals surface area contributed by atoms with Crippen molar-refractivity contribution < 1.29 is 17.6 Å². The Morgan fingerprint density at radius 1 is 0.158 bits per heavy atom. The van der Waals surface area contributed by atoms with E-state index in [1.165, 1.54) is 45.8 Å². The van der Waals surface area contributed by atoms with Gasteiger partial charge >= 0.3 is 0 Å². The second-order valence-corrected chi connectivity index (χ2v) is 31.2. The van der Waals surface area contributed by atoms with Gasteiger partial charge in [-0.25, -0.2) is 17.6 Å². The molecule has 18 aromatic carbocycles. The van der Waals surface area contributed by atoms with Crippen molar-refractivity contribution in [1.29, 1.82) is 0 Å². The maximum atomic E-state index is 15.8. The van der Waals surface area contributed by atoms with Gasteiger partial charge in [0.1, 0.15) is 23.3 Å². The van der Waals surface area contributed by atoms with Gasteiger partial charge in [-0.05, 0) is 182 Å². The molecule has 8 aromatic heterocycles. The summed E-state index contributed by atoms with van der Waals surface area (Å²) in [5, 5.41) is 18.2. The molecule has 26 aromatic rings. The molecule has 8 nitrogen and oxygen atoms in total. The van der Waals surface area contributed by atoms with Crippen LogP contribution in [0.2, 0.25) is 0 Å². The van der Waals surface area contributed by atoms with Crippen LogP contribution in [0.5, 0.6) is 0 Å². The third-order valence-electron chi connectivity index (χ3n) is 24.9. The van der Waals surface area contributed by atoms with Crippen LogP contribution in [0.25, 0.3) is 152 Å². The maximum absolute atomic E-state index is 15.8. The summed E-state index contributed by atoms with van der Waals surface area (Å²) in [6.45, 7) is 0. The summed E-state index contributed by atoms with van der Waals surface area (Å²) in [5.41, 5.74) is 23.4. The van der Waals surface area contributed by atoms with Gasteiger partial charge < -0.3 is 37.2 Å². The molecule has 0 aliphatic heterocycles. The van der Waals surface area contributed by atoms with E-state index in [4.69, 9.17) is 0 Å². The quantitative estimate of drug-likeness (QED) is 0.114. The van der Waals surface area contributed by atoms with Crippen LogP contribution in [-0.4, -0.2) is 17.6 Å². The Bertz CT molecular complexity index is 8130. The second kappa shape index (κ2) is 25.8. The largest absolute Gasteiger partial charge is 0.310 e. The number of halogens is 4. The average Bonchev–Trinajstić information content (AvgIpc) is 1.52. The lowest BCUT2D eigenvalue weighted by Crippen LogP contribution is -2.11. The molecule has 26 rings (SSSR count). The van der Waals surface area contributed by atoms with E-state index >= 15 is 8.78 Å². The lowest BCUT2D eigenvalue weighted by molar-refractivity contribution is 0.627. The van der Waals surface area contributed by atoms with E-state index in [0.717, 1.165) is 188 Å². The topological polar surface area (TPSA) is 30.6 Å². The molecule has 0 radical (unpaired) electrons. The zero-order valence-electron chi connectivity index (χ0n) is 64.0. The van der Waals surface area contributed by atoms with Gasteiger partial charge in [0.25, 0.3) is 0 Å². The highest BCUT2D eigenvalue weighted by Gasteiger charge is 2.32. The van der Waals surface area contributed by atoms with Crippen LogP contribution in [0.4, 0.5) is 85.8 Å². The molecular formula is C108H64F4N8. The maximum Gasteiger partial charge on any atom is 0.147 e. The molecule has 0 N–H and O–H groups in total. The molecule has 0 saturated carbocycles. The Hall–Kier alpha value is -15.9. The molecule has 0 unspecified atom stereocenters. The van der Waals surface area contributed by atoms with E-state index in [-0.39, 0.29) is 23.3 Å². The molecule has 0 aliphatic carbocycles. The van der Waals surface area contributed by atoms with Crippen LogP contribution in [-0.2, 0) is 0 Å². The predicted molar refractivity (Wildman–Crippen MR) is 490 cm³/mol. The van der Waals surface area contributed by atoms with Crippen molar-refractivity contribution in [3.8, 4) is 0 Å². The first-order valence-electron chi connectivity index (χ1n) is 40.3. The lowest BCUT2D eigenvalue weighted by atomic mass is 10.0. The Balaban J connectivity index is 0.000000133. The molecule has 12 heteroatoms. The molecule has 564 valence electrons. The van der Waals surface area contributed by atoms with E-state index in [1.807, 2.05) is 143 Å². The third-order valence-corrected chi connectivity index (χ3v) is 24.9. The Labute approximate surface area is 682 Å². The standard InChI is InChI=1S/2C54H32F2N4/c55-33-13-7-19-37(29-33)57(35-15-3-1-4-16-35)45-25-11-27-47-51(45)41-23-9-21-39-43-32-50-44(31-49(43)59(47)53(39)41)40-22-10-24-42-52-46(26-12-28-48(52)60(50)54(40)42)58(36-17-5-2-6-18-36)38-20-8-14-34(56)30-38;55-41-23-7-9-25-43(41)57(33-15-3-1-4-16-33)45-27-13-29-47-51(45)37-21-11-19-35-39-32-50-40(31-49(39)59(47)53(35)37)36-20-12-22-38-52-46(28-14-30-48(52)60(50)54(36)38)58(34-17-5-2-6-18-34)44-26-10-8-24-42(44)56/h2*1-32H. The number of anilines is 12. The first-order valence-corrected chi connectivity index (χ1v) is 40.3. The van der Waals surface area contributed by atoms with Crippen molar-refractivity contribution in [2.75, 3.05) is 19.6 Å². The van der Waals surface area contributed by atoms with E-state index < -0.39 is 0 Å². The molecular weight excluding hydrogens is 1490 g/mol. The van der Waals surface area contributed by atoms with Crippen LogP contribution in [0.3, 0.4) is 0 Å². The first-order chi connectivity index (χ1) is 59.3. The van der Waals surface area contributed by atoms with E-state index in [9.17, 15) is 8.78 Å². The van der Waals surface area contributed by atoms with Crippen LogP contribution in [0.15, 0.2) is 388 Å². The zero-order valence-corrected chi connectivity index (χ0v) is 64.0. The van der Waals surface area contributed by atoms with Gasteiger partial charge in [0.2, 0.25) is 0 Å². The minimum atomic E-state index is -0.284. The van der Waals surface area contributed by atoms with Crippen LogP contribution < -0.4 is 19.6 Å². The fraction of sp³-hybridized carbons (Fsp3) is 0. The summed E-state index contributed by atoms with van der Waals surface area (Å²) in [7, 11) is 0. The van der Waals surface area contributed by atoms with Crippen molar-refractivity contribution >= 4 is 221 Å². The number of rotatable bonds is 12. The fourth-order valence-electron chi connectivity index (χ4n) is 20.2. The normalized spacial score (nSPS) is 12.2. The average molecular weight is 1550 g/mol. The summed E-state index contributed by atoms with van der Waals surface area (Å²) in [6.07, 6.45) is 0. The lowest BCUT2D eigenvalue weighted by Gasteiger charge is -2.26. The highest BCUT2D eigenvalue weighted by molar-refractivity contribution is 6.34. The highest BCUT2D eigenvalue weighted by atomic mass is 19.1. The highest BCUT2D eigenvalue weighted by Crippen LogP contribution is 2.54. The van der Waals surface area contributed by atoms with Crippen LogP contribution in [0, 0.1) is 23.3 Å². The number of fused-ring (bicyclic) bond motifs is 24. The monoisotopic (exact) mass is 1550 g/mol. The number of aromatic nitrogens is 4. The minimum absolute atomic E-state index is 0.279. The van der Waals surface area contributed by atoms with Crippen LogP contribution in [0.1, 0.15) is 0 Å². The van der Waals surface area contributed by atoms with Crippen molar-refractivity contribution in [2.45, 2.75) is 0 Å². The molecule has 0 fully saturated rings. The van der Waals surface area contributed by atoms with Crippen molar-refractivity contribution in [3.05, 3.63) is 412 Å². The number of benzene rings is 18. The molecule has 0 atom stereocenters. The Morgan fingerprint density at radius 3 is 0.667 bits per heavy atom. The van der Waals surface area contributed by atoms with Crippen molar-refractivity contribution in [3.63, 3.8) is 0 Å². The summed E-state index contributed by atoms with van der Waals surface area (Å²) in [6, 6.07) is 129. The van der Waals surface area contributed by atoms with E-state index in [0.29, 0.717) is 11.4 Å². The summed E-state index contributed by atoms with van der Waals surface area (Å²) in [5.74, 6) is -1.13. The number of hydrogen-bond acceptors (Lipinski definition) is 4. The van der Waals surface area contributed by atoms with Gasteiger partial charge in [0.15, 0.2) is 0 Å². The van der Waals surface area contributed by atoms with Gasteiger partial charge in [-0.2, -0.15) is 0 Å². The summed E-state index contributed by atoms with van der Waals surface area (Å²) >= 11 is 0. The second-order valence-electron chi connectivity index (χ2n) is 31.2.